The van der Waals surface area contributed by atoms with Gasteiger partial charge in [-0.05, 0) is 50.6 Å². The van der Waals surface area contributed by atoms with Gasteiger partial charge in [0.15, 0.2) is 17.6 Å². The van der Waals surface area contributed by atoms with E-state index in [0.717, 1.165) is 24.1 Å². The average molecular weight is 429 g/mol. The number of aliphatic carboxylic acids is 1. The van der Waals surface area contributed by atoms with Gasteiger partial charge in [-0.15, -0.1) is 0 Å². The van der Waals surface area contributed by atoms with Crippen molar-refractivity contribution in [2.75, 3.05) is 13.6 Å². The molecule has 1 fully saturated rings. The van der Waals surface area contributed by atoms with Crippen molar-refractivity contribution in [2.45, 2.75) is 62.2 Å². The summed E-state index contributed by atoms with van der Waals surface area (Å²) < 4.78 is 11.9. The Morgan fingerprint density at radius 1 is 1.39 bits per heavy atom. The lowest BCUT2D eigenvalue weighted by molar-refractivity contribution is -0.155. The minimum absolute atomic E-state index is 0.00542. The summed E-state index contributed by atoms with van der Waals surface area (Å²) >= 11 is 0. The molecule has 8 heteroatoms. The Hall–Kier alpha value is -2.58. The maximum absolute atomic E-state index is 12.6. The van der Waals surface area contributed by atoms with Crippen LogP contribution >= 0.6 is 0 Å². The van der Waals surface area contributed by atoms with Crippen LogP contribution in [0.3, 0.4) is 0 Å². The van der Waals surface area contributed by atoms with Gasteiger partial charge < -0.3 is 29.7 Å². The molecule has 1 aromatic rings. The van der Waals surface area contributed by atoms with Gasteiger partial charge in [-0.3, -0.25) is 9.59 Å². The second-order valence-corrected chi connectivity index (χ2v) is 9.38. The number of benzene rings is 1. The molecule has 3 N–H and O–H groups in total. The van der Waals surface area contributed by atoms with Crippen LogP contribution in [0, 0.1) is 5.92 Å². The third kappa shape index (κ3) is 2.61. The van der Waals surface area contributed by atoms with Crippen molar-refractivity contribution in [1.29, 1.82) is 0 Å². The van der Waals surface area contributed by atoms with Gasteiger partial charge in [-0.2, -0.15) is 0 Å². The predicted molar refractivity (Wildman–Crippen MR) is 109 cm³/mol. The Labute approximate surface area is 180 Å². The van der Waals surface area contributed by atoms with Gasteiger partial charge in [0.05, 0.1) is 23.4 Å². The van der Waals surface area contributed by atoms with Crippen molar-refractivity contribution in [1.82, 2.24) is 4.90 Å². The smallest absolute Gasteiger partial charge is 0.314 e. The molecule has 31 heavy (non-hydrogen) atoms. The summed E-state index contributed by atoms with van der Waals surface area (Å²) in [5.41, 5.74) is -0.125. The molecule has 5 rings (SSSR count). The number of likely N-dealkylation sites (tertiary alicyclic amines) is 1. The number of aromatic hydroxyl groups is 1. The van der Waals surface area contributed by atoms with E-state index in [1.807, 2.05) is 13.1 Å². The first-order valence-electron chi connectivity index (χ1n) is 10.8. The highest BCUT2D eigenvalue weighted by Gasteiger charge is 2.71. The molecule has 0 aromatic heterocycles. The molecule has 1 aromatic carbocycles. The number of aliphatic hydroxyl groups is 1. The highest BCUT2D eigenvalue weighted by molar-refractivity contribution is 5.79. The van der Waals surface area contributed by atoms with Gasteiger partial charge >= 0.3 is 11.9 Å². The van der Waals surface area contributed by atoms with Crippen LogP contribution in [0.5, 0.6) is 11.5 Å². The number of ether oxygens (including phenoxy) is 2. The van der Waals surface area contributed by atoms with Crippen LogP contribution < -0.4 is 4.74 Å². The molecule has 5 atom stereocenters. The normalized spacial score (nSPS) is 34.1. The van der Waals surface area contributed by atoms with Gasteiger partial charge in [0.25, 0.3) is 0 Å². The number of carboxylic acid groups (broad SMARTS) is 1. The average Bonchev–Trinajstić information content (AvgIpc) is 3.04. The van der Waals surface area contributed by atoms with Gasteiger partial charge in [0.2, 0.25) is 0 Å². The molecule has 0 amide bonds. The number of rotatable bonds is 4. The van der Waals surface area contributed by atoms with Crippen LogP contribution in [0.4, 0.5) is 0 Å². The minimum Gasteiger partial charge on any atom is -0.504 e. The lowest BCUT2D eigenvalue weighted by atomic mass is 9.52. The Kier molecular flexibility index (Phi) is 4.40. The topological polar surface area (TPSA) is 117 Å². The molecule has 2 aliphatic heterocycles. The highest BCUT2D eigenvalue weighted by Crippen LogP contribution is 2.64. The first kappa shape index (κ1) is 20.3. The van der Waals surface area contributed by atoms with Crippen molar-refractivity contribution in [3.63, 3.8) is 0 Å². The standard InChI is InChI=1S/C23H27NO7/c1-12(10-17(26)27)21(28)30-15-6-8-23(29)16-11-13-4-5-14(25)19-18(13)22(23,20(15)31-19)7-3-9-24(16)2/h4-6,12,16,20,25,29H,3,7-11H2,1-2H3,(H,26,27)/t12-,16+,20-,22-,23+/m0/s1. The molecular formula is C23H27NO7. The first-order chi connectivity index (χ1) is 14.7. The van der Waals surface area contributed by atoms with Crippen LogP contribution in [0.15, 0.2) is 24.0 Å². The molecule has 1 saturated heterocycles. The number of carbonyl (C=O) groups is 2. The lowest BCUT2D eigenvalue weighted by Gasteiger charge is -2.56. The van der Waals surface area contributed by atoms with E-state index in [1.54, 1.807) is 12.1 Å². The third-order valence-electron chi connectivity index (χ3n) is 7.68. The summed E-state index contributed by atoms with van der Waals surface area (Å²) in [7, 11) is 2.02. The van der Waals surface area contributed by atoms with E-state index in [4.69, 9.17) is 14.6 Å². The number of likely N-dealkylation sites (N-methyl/N-ethyl adjacent to an activating group) is 1. The van der Waals surface area contributed by atoms with Crippen LogP contribution in [-0.2, 0) is 26.2 Å². The summed E-state index contributed by atoms with van der Waals surface area (Å²) in [6, 6.07) is 3.37. The molecule has 166 valence electrons. The van der Waals surface area contributed by atoms with E-state index >= 15 is 0 Å². The van der Waals surface area contributed by atoms with Crippen molar-refractivity contribution >= 4 is 11.9 Å². The first-order valence-corrected chi connectivity index (χ1v) is 10.8. The fraction of sp³-hybridized carbons (Fsp3) is 0.565. The van der Waals surface area contributed by atoms with E-state index in [9.17, 15) is 19.8 Å². The molecule has 0 saturated carbocycles. The van der Waals surface area contributed by atoms with E-state index in [-0.39, 0.29) is 24.6 Å². The Morgan fingerprint density at radius 3 is 2.90 bits per heavy atom. The zero-order valence-electron chi connectivity index (χ0n) is 17.6. The number of nitrogens with zero attached hydrogens (tertiary/aromatic N) is 1. The van der Waals surface area contributed by atoms with E-state index < -0.39 is 35.0 Å². The van der Waals surface area contributed by atoms with E-state index in [1.165, 1.54) is 6.92 Å². The van der Waals surface area contributed by atoms with Crippen LogP contribution in [0.2, 0.25) is 0 Å². The Morgan fingerprint density at radius 2 is 2.16 bits per heavy atom. The van der Waals surface area contributed by atoms with Crippen molar-refractivity contribution in [2.24, 2.45) is 5.92 Å². The number of hydrogen-bond donors (Lipinski definition) is 3. The fourth-order valence-corrected chi connectivity index (χ4v) is 6.25. The maximum Gasteiger partial charge on any atom is 0.314 e. The van der Waals surface area contributed by atoms with Crippen LogP contribution in [0.25, 0.3) is 0 Å². The summed E-state index contributed by atoms with van der Waals surface area (Å²) in [5, 5.41) is 31.7. The second kappa shape index (κ2) is 6.71. The fourth-order valence-electron chi connectivity index (χ4n) is 6.25. The van der Waals surface area contributed by atoms with Gasteiger partial charge in [-0.1, -0.05) is 13.0 Å². The highest BCUT2D eigenvalue weighted by atomic mass is 16.6. The number of carbonyl (C=O) groups excluding carboxylic acids is 1. The molecule has 2 bridgehead atoms. The molecular weight excluding hydrogens is 402 g/mol. The largest absolute Gasteiger partial charge is 0.504 e. The van der Waals surface area contributed by atoms with Crippen molar-refractivity contribution in [3.05, 3.63) is 35.1 Å². The number of carboxylic acids is 1. The third-order valence-corrected chi connectivity index (χ3v) is 7.68. The molecule has 2 heterocycles. The Balaban J connectivity index is 1.62. The monoisotopic (exact) mass is 429 g/mol. The van der Waals surface area contributed by atoms with Gasteiger partial charge in [-0.25, -0.2) is 0 Å². The second-order valence-electron chi connectivity index (χ2n) is 9.38. The molecule has 2 aliphatic carbocycles. The molecule has 0 unspecified atom stereocenters. The number of hydrogen-bond acceptors (Lipinski definition) is 7. The molecule has 1 spiro atoms. The van der Waals surface area contributed by atoms with Crippen molar-refractivity contribution < 1.29 is 34.4 Å². The van der Waals surface area contributed by atoms with Crippen LogP contribution in [0.1, 0.15) is 43.7 Å². The number of phenolic OH excluding ortho intramolecular Hbond substituents is 1. The minimum atomic E-state index is -1.14. The molecule has 0 radical (unpaired) electrons. The zero-order chi connectivity index (χ0) is 22.1. The summed E-state index contributed by atoms with van der Waals surface area (Å²) in [6.45, 7) is 2.33. The SMILES string of the molecule is C[C@@H](CC(=O)O)C(=O)OC1=CC[C@@]2(O)[C@H]3Cc4ccc(O)c5c4[C@@]2(CCCN3C)[C@H]1O5. The molecule has 4 aliphatic rings. The zero-order valence-corrected chi connectivity index (χ0v) is 17.6. The van der Waals surface area contributed by atoms with E-state index in [0.29, 0.717) is 24.4 Å². The lowest BCUT2D eigenvalue weighted by Crippen LogP contribution is -2.69. The van der Waals surface area contributed by atoms with Crippen molar-refractivity contribution in [3.8, 4) is 11.5 Å². The number of esters is 1. The van der Waals surface area contributed by atoms with E-state index in [2.05, 4.69) is 4.90 Å². The Bertz CT molecular complexity index is 1000. The van der Waals surface area contributed by atoms with Gasteiger partial charge in [0, 0.05) is 18.0 Å². The maximum atomic E-state index is 12.6. The quantitative estimate of drug-likeness (QED) is 0.620. The summed E-state index contributed by atoms with van der Waals surface area (Å²) in [5.74, 6) is -1.88. The number of phenols is 1. The van der Waals surface area contributed by atoms with Crippen LogP contribution in [-0.4, -0.2) is 63.5 Å². The van der Waals surface area contributed by atoms with Gasteiger partial charge in [0.1, 0.15) is 5.76 Å². The summed E-state index contributed by atoms with van der Waals surface area (Å²) in [4.78, 5) is 25.8. The predicted octanol–water partition coefficient (Wildman–Crippen LogP) is 1.71. The summed E-state index contributed by atoms with van der Waals surface area (Å²) in [6.07, 6.45) is 2.99. The molecule has 8 nitrogen and oxygen atoms in total.